The number of halogens is 1. The molecular weight excluding hydrogens is 322 g/mol. The van der Waals surface area contributed by atoms with Crippen molar-refractivity contribution in [1.82, 2.24) is 15.2 Å². The Morgan fingerprint density at radius 1 is 1.45 bits per heavy atom. The van der Waals surface area contributed by atoms with Crippen molar-refractivity contribution >= 4 is 33.3 Å². The van der Waals surface area contributed by atoms with Crippen molar-refractivity contribution in [3.63, 3.8) is 0 Å². The SMILES string of the molecule is CCNc1ncc(Br)cc1C(=O)Nc1c(C)n[nH]c1C. The van der Waals surface area contributed by atoms with Crippen LogP contribution in [0, 0.1) is 13.8 Å². The van der Waals surface area contributed by atoms with E-state index in [1.165, 1.54) is 0 Å². The zero-order valence-electron chi connectivity index (χ0n) is 11.5. The van der Waals surface area contributed by atoms with Crippen LogP contribution in [0.25, 0.3) is 0 Å². The highest BCUT2D eigenvalue weighted by Gasteiger charge is 2.16. The minimum absolute atomic E-state index is 0.220. The Morgan fingerprint density at radius 3 is 2.80 bits per heavy atom. The number of nitrogens with one attached hydrogen (secondary N) is 3. The smallest absolute Gasteiger partial charge is 0.259 e. The molecule has 2 heterocycles. The Labute approximate surface area is 125 Å². The average Bonchev–Trinajstić information content (AvgIpc) is 2.73. The Hall–Kier alpha value is -1.89. The number of pyridine rings is 1. The maximum absolute atomic E-state index is 12.4. The number of anilines is 2. The number of amides is 1. The minimum Gasteiger partial charge on any atom is -0.370 e. The number of hydrogen-bond donors (Lipinski definition) is 3. The molecule has 0 unspecified atom stereocenters. The summed E-state index contributed by atoms with van der Waals surface area (Å²) in [7, 11) is 0. The second-order valence-corrected chi connectivity index (χ2v) is 5.26. The number of aromatic amines is 1. The van der Waals surface area contributed by atoms with E-state index >= 15 is 0 Å². The molecule has 20 heavy (non-hydrogen) atoms. The van der Waals surface area contributed by atoms with E-state index in [0.29, 0.717) is 23.6 Å². The lowest BCUT2D eigenvalue weighted by atomic mass is 10.2. The summed E-state index contributed by atoms with van der Waals surface area (Å²) in [5.41, 5.74) is 2.77. The quantitative estimate of drug-likeness (QED) is 0.801. The first-order valence-electron chi connectivity index (χ1n) is 6.25. The molecule has 2 aromatic heterocycles. The van der Waals surface area contributed by atoms with E-state index in [1.54, 1.807) is 12.3 Å². The van der Waals surface area contributed by atoms with Gasteiger partial charge in [0.2, 0.25) is 0 Å². The van der Waals surface area contributed by atoms with E-state index in [0.717, 1.165) is 15.9 Å². The molecule has 0 spiro atoms. The third-order valence-corrected chi connectivity index (χ3v) is 3.24. The summed E-state index contributed by atoms with van der Waals surface area (Å²) in [6, 6.07) is 1.74. The van der Waals surface area contributed by atoms with Crippen molar-refractivity contribution in [2.45, 2.75) is 20.8 Å². The van der Waals surface area contributed by atoms with Gasteiger partial charge in [-0.25, -0.2) is 4.98 Å². The first kappa shape index (κ1) is 14.5. The molecular formula is C13H16BrN5O. The van der Waals surface area contributed by atoms with Crippen molar-refractivity contribution in [2.75, 3.05) is 17.2 Å². The van der Waals surface area contributed by atoms with Crippen LogP contribution in [-0.4, -0.2) is 27.6 Å². The molecule has 0 radical (unpaired) electrons. The first-order valence-corrected chi connectivity index (χ1v) is 7.04. The van der Waals surface area contributed by atoms with Gasteiger partial charge >= 0.3 is 0 Å². The molecule has 0 bridgehead atoms. The molecule has 106 valence electrons. The Balaban J connectivity index is 2.31. The molecule has 0 aromatic carbocycles. The van der Waals surface area contributed by atoms with Crippen LogP contribution in [0.15, 0.2) is 16.7 Å². The number of rotatable bonds is 4. The molecule has 0 fully saturated rings. The second kappa shape index (κ2) is 6.04. The van der Waals surface area contributed by atoms with Crippen LogP contribution < -0.4 is 10.6 Å². The molecule has 7 heteroatoms. The molecule has 2 rings (SSSR count). The molecule has 1 amide bonds. The molecule has 0 atom stereocenters. The van der Waals surface area contributed by atoms with E-state index in [1.807, 2.05) is 20.8 Å². The molecule has 0 saturated carbocycles. The summed E-state index contributed by atoms with van der Waals surface area (Å²) in [5.74, 6) is 0.342. The van der Waals surface area contributed by atoms with Gasteiger partial charge in [-0.3, -0.25) is 9.89 Å². The maximum atomic E-state index is 12.4. The number of hydrogen-bond acceptors (Lipinski definition) is 4. The number of carbonyl (C=O) groups excluding carboxylic acids is 1. The van der Waals surface area contributed by atoms with Crippen LogP contribution in [0.5, 0.6) is 0 Å². The van der Waals surface area contributed by atoms with Crippen LogP contribution in [0.1, 0.15) is 28.7 Å². The number of aryl methyl sites for hydroxylation is 2. The summed E-state index contributed by atoms with van der Waals surface area (Å²) >= 11 is 3.33. The highest BCUT2D eigenvalue weighted by atomic mass is 79.9. The Morgan fingerprint density at radius 2 is 2.20 bits per heavy atom. The monoisotopic (exact) mass is 337 g/mol. The molecule has 0 saturated heterocycles. The molecule has 0 aliphatic carbocycles. The van der Waals surface area contributed by atoms with Gasteiger partial charge in [0.05, 0.1) is 22.6 Å². The van der Waals surface area contributed by atoms with Gasteiger partial charge in [-0.1, -0.05) is 0 Å². The van der Waals surface area contributed by atoms with Gasteiger partial charge in [0.25, 0.3) is 5.91 Å². The van der Waals surface area contributed by atoms with Gasteiger partial charge in [-0.05, 0) is 42.8 Å². The van der Waals surface area contributed by atoms with Crippen molar-refractivity contribution in [2.24, 2.45) is 0 Å². The standard InChI is InChI=1S/C13H16BrN5O/c1-4-15-12-10(5-9(14)6-16-12)13(20)17-11-7(2)18-19-8(11)3/h5-6H,4H2,1-3H3,(H,15,16)(H,17,20)(H,18,19). The topological polar surface area (TPSA) is 82.7 Å². The molecule has 6 nitrogen and oxygen atoms in total. The normalized spacial score (nSPS) is 10.4. The average molecular weight is 338 g/mol. The molecule has 3 N–H and O–H groups in total. The molecule has 2 aromatic rings. The van der Waals surface area contributed by atoms with E-state index < -0.39 is 0 Å². The number of aromatic nitrogens is 3. The minimum atomic E-state index is -0.220. The third-order valence-electron chi connectivity index (χ3n) is 2.81. The predicted octanol–water partition coefficient (Wildman–Crippen LogP) is 2.87. The Bertz CT molecular complexity index is 618. The Kier molecular flexibility index (Phi) is 4.39. The van der Waals surface area contributed by atoms with Crippen molar-refractivity contribution in [1.29, 1.82) is 0 Å². The lowest BCUT2D eigenvalue weighted by Crippen LogP contribution is -2.16. The third kappa shape index (κ3) is 2.98. The summed E-state index contributed by atoms with van der Waals surface area (Å²) in [5, 5.41) is 12.8. The van der Waals surface area contributed by atoms with E-state index in [2.05, 4.69) is 41.7 Å². The number of nitrogens with zero attached hydrogens (tertiary/aromatic N) is 2. The fraction of sp³-hybridized carbons (Fsp3) is 0.308. The van der Waals surface area contributed by atoms with Crippen LogP contribution >= 0.6 is 15.9 Å². The van der Waals surface area contributed by atoms with Gasteiger partial charge in [0.1, 0.15) is 5.82 Å². The van der Waals surface area contributed by atoms with Gasteiger partial charge in [0.15, 0.2) is 0 Å². The summed E-state index contributed by atoms with van der Waals surface area (Å²) in [6.07, 6.45) is 1.66. The van der Waals surface area contributed by atoms with Gasteiger partial charge in [-0.2, -0.15) is 5.10 Å². The lowest BCUT2D eigenvalue weighted by Gasteiger charge is -2.10. The van der Waals surface area contributed by atoms with E-state index in [4.69, 9.17) is 0 Å². The summed E-state index contributed by atoms with van der Waals surface area (Å²) < 4.78 is 0.755. The highest BCUT2D eigenvalue weighted by Crippen LogP contribution is 2.22. The number of carbonyl (C=O) groups is 1. The van der Waals surface area contributed by atoms with Gasteiger partial charge < -0.3 is 10.6 Å². The maximum Gasteiger partial charge on any atom is 0.259 e. The lowest BCUT2D eigenvalue weighted by molar-refractivity contribution is 0.102. The second-order valence-electron chi connectivity index (χ2n) is 4.34. The van der Waals surface area contributed by atoms with E-state index in [-0.39, 0.29) is 5.91 Å². The van der Waals surface area contributed by atoms with Crippen LogP contribution in [-0.2, 0) is 0 Å². The molecule has 0 aliphatic rings. The fourth-order valence-electron chi connectivity index (χ4n) is 1.84. The number of H-pyrrole nitrogens is 1. The highest BCUT2D eigenvalue weighted by molar-refractivity contribution is 9.10. The van der Waals surface area contributed by atoms with E-state index in [9.17, 15) is 4.79 Å². The predicted molar refractivity (Wildman–Crippen MR) is 82.1 cm³/mol. The van der Waals surface area contributed by atoms with Gasteiger partial charge in [-0.15, -0.1) is 0 Å². The summed E-state index contributed by atoms with van der Waals surface area (Å²) in [4.78, 5) is 16.6. The molecule has 0 aliphatic heterocycles. The fourth-order valence-corrected chi connectivity index (χ4v) is 2.17. The van der Waals surface area contributed by atoms with Gasteiger partial charge in [0, 0.05) is 17.2 Å². The first-order chi connectivity index (χ1) is 9.52. The largest absolute Gasteiger partial charge is 0.370 e. The summed E-state index contributed by atoms with van der Waals surface area (Å²) in [6.45, 7) is 6.35. The van der Waals surface area contributed by atoms with Crippen molar-refractivity contribution in [3.8, 4) is 0 Å². The zero-order chi connectivity index (χ0) is 14.7. The zero-order valence-corrected chi connectivity index (χ0v) is 13.1. The van der Waals surface area contributed by atoms with Crippen LogP contribution in [0.2, 0.25) is 0 Å². The van der Waals surface area contributed by atoms with Crippen LogP contribution in [0.4, 0.5) is 11.5 Å². The van der Waals surface area contributed by atoms with Crippen molar-refractivity contribution < 1.29 is 4.79 Å². The van der Waals surface area contributed by atoms with Crippen LogP contribution in [0.3, 0.4) is 0 Å². The van der Waals surface area contributed by atoms with Crippen molar-refractivity contribution in [3.05, 3.63) is 33.7 Å².